The van der Waals surface area contributed by atoms with Crippen LogP contribution in [0.1, 0.15) is 19.3 Å². The number of hydrogen-bond donors (Lipinski definition) is 0. The molecule has 0 unspecified atom stereocenters. The van der Waals surface area contributed by atoms with Crippen LogP contribution in [0.2, 0.25) is 0 Å². The molecular weight excluding hydrogens is 162 g/mol. The summed E-state index contributed by atoms with van der Waals surface area (Å²) in [6.45, 7) is 0. The van der Waals surface area contributed by atoms with Crippen molar-refractivity contribution in [2.24, 2.45) is 22.7 Å². The SMILES string of the molecule is COC1=N[C@H]2C=C[C@@H]1CC[C@@H]1C[C@@H]12. The van der Waals surface area contributed by atoms with Crippen LogP contribution in [0.5, 0.6) is 0 Å². The second-order valence-electron chi connectivity index (χ2n) is 4.39. The Kier molecular flexibility index (Phi) is 1.52. The number of hydrogen-bond acceptors (Lipinski definition) is 2. The highest BCUT2D eigenvalue weighted by Crippen LogP contribution is 2.49. The van der Waals surface area contributed by atoms with Gasteiger partial charge in [0, 0.05) is 0 Å². The largest absolute Gasteiger partial charge is 0.484 e. The van der Waals surface area contributed by atoms with Crippen molar-refractivity contribution < 1.29 is 4.74 Å². The summed E-state index contributed by atoms with van der Waals surface area (Å²) in [5.41, 5.74) is 0. The third-order valence-electron chi connectivity index (χ3n) is 3.61. The van der Waals surface area contributed by atoms with Gasteiger partial charge < -0.3 is 4.74 Å². The van der Waals surface area contributed by atoms with E-state index in [0.29, 0.717) is 12.0 Å². The monoisotopic (exact) mass is 177 g/mol. The van der Waals surface area contributed by atoms with Gasteiger partial charge in [-0.1, -0.05) is 12.2 Å². The van der Waals surface area contributed by atoms with Crippen LogP contribution in [0.4, 0.5) is 0 Å². The molecule has 4 atom stereocenters. The van der Waals surface area contributed by atoms with Crippen LogP contribution in [0.25, 0.3) is 0 Å². The van der Waals surface area contributed by atoms with Gasteiger partial charge in [-0.3, -0.25) is 0 Å². The maximum Gasteiger partial charge on any atom is 0.190 e. The molecule has 0 radical (unpaired) electrons. The molecule has 2 aliphatic heterocycles. The van der Waals surface area contributed by atoms with Crippen LogP contribution in [0, 0.1) is 17.8 Å². The molecule has 70 valence electrons. The summed E-state index contributed by atoms with van der Waals surface area (Å²) in [6.07, 6.45) is 8.58. The van der Waals surface area contributed by atoms with Crippen LogP contribution >= 0.6 is 0 Å². The van der Waals surface area contributed by atoms with Gasteiger partial charge in [0.25, 0.3) is 0 Å². The second-order valence-corrected chi connectivity index (χ2v) is 4.39. The summed E-state index contributed by atoms with van der Waals surface area (Å²) in [6, 6.07) is 0.441. The molecule has 0 saturated heterocycles. The van der Waals surface area contributed by atoms with E-state index in [1.165, 1.54) is 19.3 Å². The minimum absolute atomic E-state index is 0.441. The lowest BCUT2D eigenvalue weighted by Gasteiger charge is -2.24. The molecule has 0 amide bonds. The summed E-state index contributed by atoms with van der Waals surface area (Å²) in [4.78, 5) is 4.65. The fourth-order valence-electron chi connectivity index (χ4n) is 2.69. The molecule has 0 aromatic rings. The fraction of sp³-hybridized carbons (Fsp3) is 0.727. The van der Waals surface area contributed by atoms with Gasteiger partial charge in [0.05, 0.1) is 19.1 Å². The average molecular weight is 177 g/mol. The number of aliphatic imine (C=N–C) groups is 1. The zero-order valence-corrected chi connectivity index (χ0v) is 7.94. The normalized spacial score (nSPS) is 46.1. The summed E-state index contributed by atoms with van der Waals surface area (Å²) in [5.74, 6) is 3.25. The number of nitrogens with zero attached hydrogens (tertiary/aromatic N) is 1. The molecule has 2 nitrogen and oxygen atoms in total. The highest BCUT2D eigenvalue weighted by Gasteiger charge is 2.45. The van der Waals surface area contributed by atoms with E-state index in [4.69, 9.17) is 4.74 Å². The fourth-order valence-corrected chi connectivity index (χ4v) is 2.69. The number of fused-ring (bicyclic) bond motifs is 1. The van der Waals surface area contributed by atoms with E-state index in [9.17, 15) is 0 Å². The minimum atomic E-state index is 0.441. The van der Waals surface area contributed by atoms with E-state index in [0.717, 1.165) is 17.7 Å². The van der Waals surface area contributed by atoms with Crippen molar-refractivity contribution in [2.75, 3.05) is 7.11 Å². The summed E-state index contributed by atoms with van der Waals surface area (Å²) in [7, 11) is 1.74. The van der Waals surface area contributed by atoms with E-state index >= 15 is 0 Å². The Morgan fingerprint density at radius 1 is 1.38 bits per heavy atom. The van der Waals surface area contributed by atoms with E-state index in [1.54, 1.807) is 7.11 Å². The van der Waals surface area contributed by atoms with E-state index < -0.39 is 0 Å². The van der Waals surface area contributed by atoms with Gasteiger partial charge in [0.1, 0.15) is 0 Å². The highest BCUT2D eigenvalue weighted by atomic mass is 16.5. The lowest BCUT2D eigenvalue weighted by molar-refractivity contribution is 0.352. The first-order chi connectivity index (χ1) is 6.38. The third kappa shape index (κ3) is 1.11. The Hall–Kier alpha value is -0.790. The molecule has 2 heterocycles. The Bertz CT molecular complexity index is 282. The van der Waals surface area contributed by atoms with Gasteiger partial charge in [-0.25, -0.2) is 4.99 Å². The molecule has 13 heavy (non-hydrogen) atoms. The predicted octanol–water partition coefficient (Wildman–Crippen LogP) is 2.02. The summed E-state index contributed by atoms with van der Waals surface area (Å²) in [5, 5.41) is 0. The minimum Gasteiger partial charge on any atom is -0.484 e. The molecule has 2 bridgehead atoms. The molecule has 1 saturated carbocycles. The van der Waals surface area contributed by atoms with Gasteiger partial charge >= 0.3 is 0 Å². The van der Waals surface area contributed by atoms with Gasteiger partial charge in [0.15, 0.2) is 5.90 Å². The lowest BCUT2D eigenvalue weighted by atomic mass is 9.92. The molecule has 0 spiro atoms. The zero-order chi connectivity index (χ0) is 8.84. The zero-order valence-electron chi connectivity index (χ0n) is 7.94. The number of rotatable bonds is 0. The van der Waals surface area contributed by atoms with Crippen molar-refractivity contribution in [1.29, 1.82) is 0 Å². The Morgan fingerprint density at radius 2 is 2.31 bits per heavy atom. The molecule has 4 rings (SSSR count). The molecule has 4 aliphatic rings. The molecule has 1 fully saturated rings. The van der Waals surface area contributed by atoms with E-state index in [1.807, 2.05) is 0 Å². The van der Waals surface area contributed by atoms with E-state index in [-0.39, 0.29) is 0 Å². The van der Waals surface area contributed by atoms with Crippen molar-refractivity contribution in [3.05, 3.63) is 12.2 Å². The number of ether oxygens (including phenoxy) is 1. The van der Waals surface area contributed by atoms with E-state index in [2.05, 4.69) is 17.1 Å². The molecular formula is C11H15NO. The van der Waals surface area contributed by atoms with Crippen LogP contribution in [0.3, 0.4) is 0 Å². The molecule has 0 aromatic carbocycles. The van der Waals surface area contributed by atoms with Crippen molar-refractivity contribution in [3.63, 3.8) is 0 Å². The highest BCUT2D eigenvalue weighted by molar-refractivity contribution is 5.82. The van der Waals surface area contributed by atoms with Crippen molar-refractivity contribution in [3.8, 4) is 0 Å². The first kappa shape index (κ1) is 7.60. The number of dihydropyridines is 1. The van der Waals surface area contributed by atoms with Crippen LogP contribution in [0.15, 0.2) is 17.1 Å². The first-order valence-corrected chi connectivity index (χ1v) is 5.18. The summed E-state index contributed by atoms with van der Waals surface area (Å²) >= 11 is 0. The summed E-state index contributed by atoms with van der Waals surface area (Å²) < 4.78 is 5.33. The lowest BCUT2D eigenvalue weighted by Crippen LogP contribution is -2.25. The topological polar surface area (TPSA) is 21.6 Å². The van der Waals surface area contributed by atoms with Gasteiger partial charge in [-0.2, -0.15) is 0 Å². The molecule has 0 N–H and O–H groups in total. The van der Waals surface area contributed by atoms with Crippen molar-refractivity contribution >= 4 is 5.90 Å². The molecule has 2 aliphatic carbocycles. The molecule has 2 heteroatoms. The quantitative estimate of drug-likeness (QED) is 0.519. The average Bonchev–Trinajstić information content (AvgIpc) is 2.88. The third-order valence-corrected chi connectivity index (χ3v) is 3.61. The molecule has 0 aromatic heterocycles. The standard InChI is InChI=1S/C11H15NO/c1-13-11-7-2-3-8-6-9(8)10(12-11)5-4-7/h4-5,7-10H,2-3,6H2,1H3/t7-,8+,9-,10-/m0/s1. The smallest absolute Gasteiger partial charge is 0.190 e. The Balaban J connectivity index is 1.93. The number of methoxy groups -OCH3 is 1. The second kappa shape index (κ2) is 2.60. The maximum atomic E-state index is 5.33. The van der Waals surface area contributed by atoms with Crippen molar-refractivity contribution in [2.45, 2.75) is 25.3 Å². The van der Waals surface area contributed by atoms with Crippen molar-refractivity contribution in [1.82, 2.24) is 0 Å². The Labute approximate surface area is 78.7 Å². The Morgan fingerprint density at radius 3 is 3.15 bits per heavy atom. The predicted molar refractivity (Wildman–Crippen MR) is 51.7 cm³/mol. The van der Waals surface area contributed by atoms with Gasteiger partial charge in [0.2, 0.25) is 0 Å². The van der Waals surface area contributed by atoms with Crippen LogP contribution in [-0.4, -0.2) is 19.0 Å². The van der Waals surface area contributed by atoms with Gasteiger partial charge in [-0.15, -0.1) is 0 Å². The first-order valence-electron chi connectivity index (χ1n) is 5.18. The maximum absolute atomic E-state index is 5.33. The van der Waals surface area contributed by atoms with Crippen LogP contribution in [-0.2, 0) is 4.74 Å². The van der Waals surface area contributed by atoms with Crippen LogP contribution < -0.4 is 0 Å². The van der Waals surface area contributed by atoms with Gasteiger partial charge in [-0.05, 0) is 31.1 Å².